The van der Waals surface area contributed by atoms with E-state index in [1.165, 1.54) is 12.1 Å². The van der Waals surface area contributed by atoms with E-state index in [4.69, 9.17) is 4.74 Å². The Morgan fingerprint density at radius 1 is 1.40 bits per heavy atom. The summed E-state index contributed by atoms with van der Waals surface area (Å²) < 4.78 is 32.1. The summed E-state index contributed by atoms with van der Waals surface area (Å²) in [6.45, 7) is 3.07. The monoisotopic (exact) mass is 213 g/mol. The molecule has 2 rings (SSSR count). The molecule has 1 unspecified atom stereocenters. The fraction of sp³-hybridized carbons (Fsp3) is 0.455. The molecule has 1 atom stereocenters. The second kappa shape index (κ2) is 4.14. The van der Waals surface area contributed by atoms with Gasteiger partial charge >= 0.3 is 0 Å². The van der Waals surface area contributed by atoms with Crippen LogP contribution in [0.2, 0.25) is 0 Å². The molecule has 0 bridgehead atoms. The Bertz CT molecular complexity index is 362. The lowest BCUT2D eigenvalue weighted by Crippen LogP contribution is -2.20. The van der Waals surface area contributed by atoms with Crippen molar-refractivity contribution in [3.05, 3.63) is 29.3 Å². The lowest BCUT2D eigenvalue weighted by atomic mass is 10.2. The van der Waals surface area contributed by atoms with Gasteiger partial charge in [-0.15, -0.1) is 0 Å². The fourth-order valence-corrected chi connectivity index (χ4v) is 1.63. The molecule has 1 aliphatic heterocycles. The van der Waals surface area contributed by atoms with Crippen LogP contribution in [0.4, 0.5) is 8.78 Å². The molecule has 15 heavy (non-hydrogen) atoms. The van der Waals surface area contributed by atoms with Crippen molar-refractivity contribution in [1.29, 1.82) is 0 Å². The van der Waals surface area contributed by atoms with Crippen LogP contribution in [0.5, 0.6) is 5.75 Å². The molecule has 1 heterocycles. The number of hydrogen-bond donors (Lipinski definition) is 1. The highest BCUT2D eigenvalue weighted by Gasteiger charge is 2.20. The number of rotatable bonds is 2. The molecule has 1 saturated heterocycles. The molecule has 0 radical (unpaired) electrons. The molecule has 0 spiro atoms. The maximum atomic E-state index is 13.5. The van der Waals surface area contributed by atoms with Crippen molar-refractivity contribution >= 4 is 0 Å². The molecule has 1 aromatic rings. The first-order valence-corrected chi connectivity index (χ1v) is 5.00. The Kier molecular flexibility index (Phi) is 2.86. The Morgan fingerprint density at radius 3 is 2.87 bits per heavy atom. The van der Waals surface area contributed by atoms with E-state index in [1.807, 2.05) is 0 Å². The first-order chi connectivity index (χ1) is 7.18. The summed E-state index contributed by atoms with van der Waals surface area (Å²) in [6, 6.07) is 2.64. The maximum absolute atomic E-state index is 13.5. The van der Waals surface area contributed by atoms with Gasteiger partial charge in [0.25, 0.3) is 0 Å². The van der Waals surface area contributed by atoms with Gasteiger partial charge in [0, 0.05) is 6.54 Å². The van der Waals surface area contributed by atoms with Gasteiger partial charge < -0.3 is 10.1 Å². The van der Waals surface area contributed by atoms with Gasteiger partial charge in [0.1, 0.15) is 6.10 Å². The smallest absolute Gasteiger partial charge is 0.191 e. The van der Waals surface area contributed by atoms with Crippen LogP contribution in [0.25, 0.3) is 0 Å². The second-order valence-corrected chi connectivity index (χ2v) is 3.74. The molecule has 82 valence electrons. The van der Waals surface area contributed by atoms with Gasteiger partial charge in [-0.25, -0.2) is 8.78 Å². The highest BCUT2D eigenvalue weighted by Crippen LogP contribution is 2.26. The van der Waals surface area contributed by atoms with Gasteiger partial charge in [-0.2, -0.15) is 0 Å². The third-order valence-corrected chi connectivity index (χ3v) is 2.54. The fourth-order valence-electron chi connectivity index (χ4n) is 1.63. The van der Waals surface area contributed by atoms with Crippen molar-refractivity contribution in [3.8, 4) is 5.75 Å². The number of hydrogen-bond acceptors (Lipinski definition) is 2. The zero-order valence-electron chi connectivity index (χ0n) is 8.52. The molecule has 1 N–H and O–H groups in total. The molecule has 0 aromatic heterocycles. The Morgan fingerprint density at radius 2 is 2.20 bits per heavy atom. The molecule has 1 fully saturated rings. The van der Waals surface area contributed by atoms with Crippen molar-refractivity contribution in [2.45, 2.75) is 19.4 Å². The zero-order valence-corrected chi connectivity index (χ0v) is 8.52. The number of halogens is 2. The summed E-state index contributed by atoms with van der Waals surface area (Å²) >= 11 is 0. The predicted octanol–water partition coefficient (Wildman–Crippen LogP) is 2.01. The quantitative estimate of drug-likeness (QED) is 0.811. The molecule has 0 aliphatic carbocycles. The first kappa shape index (κ1) is 10.4. The van der Waals surface area contributed by atoms with Crippen LogP contribution in [0, 0.1) is 18.6 Å². The summed E-state index contributed by atoms with van der Waals surface area (Å²) in [5, 5.41) is 3.08. The van der Waals surface area contributed by atoms with Crippen molar-refractivity contribution < 1.29 is 13.5 Å². The predicted molar refractivity (Wildman–Crippen MR) is 53.0 cm³/mol. The van der Waals surface area contributed by atoms with Crippen molar-refractivity contribution in [1.82, 2.24) is 5.32 Å². The Hall–Kier alpha value is -1.16. The molecule has 1 aliphatic rings. The van der Waals surface area contributed by atoms with Gasteiger partial charge in [-0.1, -0.05) is 6.07 Å². The van der Waals surface area contributed by atoms with Gasteiger partial charge in [0.2, 0.25) is 0 Å². The van der Waals surface area contributed by atoms with Crippen LogP contribution in [-0.2, 0) is 0 Å². The number of benzene rings is 1. The largest absolute Gasteiger partial charge is 0.483 e. The molecule has 4 heteroatoms. The minimum Gasteiger partial charge on any atom is -0.483 e. The first-order valence-electron chi connectivity index (χ1n) is 5.00. The summed E-state index contributed by atoms with van der Waals surface area (Å²) in [5.74, 6) is -1.48. The molecular formula is C11H13F2NO. The molecular weight excluding hydrogens is 200 g/mol. The van der Waals surface area contributed by atoms with Crippen LogP contribution in [-0.4, -0.2) is 19.2 Å². The minimum absolute atomic E-state index is 0.129. The van der Waals surface area contributed by atoms with Crippen LogP contribution >= 0.6 is 0 Å². The van der Waals surface area contributed by atoms with E-state index in [0.717, 1.165) is 13.0 Å². The number of ether oxygens (including phenoxy) is 1. The Labute approximate surface area is 87.2 Å². The van der Waals surface area contributed by atoms with Gasteiger partial charge in [0.05, 0.1) is 0 Å². The van der Waals surface area contributed by atoms with Crippen molar-refractivity contribution in [2.24, 2.45) is 0 Å². The highest BCUT2D eigenvalue weighted by atomic mass is 19.1. The van der Waals surface area contributed by atoms with Gasteiger partial charge in [-0.05, 0) is 31.5 Å². The van der Waals surface area contributed by atoms with Crippen LogP contribution in [0.15, 0.2) is 12.1 Å². The minimum atomic E-state index is -0.634. The maximum Gasteiger partial charge on any atom is 0.191 e. The highest BCUT2D eigenvalue weighted by molar-refractivity contribution is 5.32. The molecule has 0 saturated carbocycles. The second-order valence-electron chi connectivity index (χ2n) is 3.74. The lowest BCUT2D eigenvalue weighted by molar-refractivity contribution is 0.202. The van der Waals surface area contributed by atoms with Crippen LogP contribution in [0.3, 0.4) is 0 Å². The van der Waals surface area contributed by atoms with Crippen LogP contribution in [0.1, 0.15) is 12.0 Å². The third-order valence-electron chi connectivity index (χ3n) is 2.54. The topological polar surface area (TPSA) is 21.3 Å². The van der Waals surface area contributed by atoms with E-state index in [1.54, 1.807) is 6.92 Å². The normalized spacial score (nSPS) is 20.6. The standard InChI is InChI=1S/C11H13F2NO/c1-7-2-3-9(12)11(10(7)13)15-8-4-5-14-6-8/h2-3,8,14H,4-6H2,1H3. The Balaban J connectivity index is 2.22. The average molecular weight is 213 g/mol. The van der Waals surface area contributed by atoms with Gasteiger partial charge in [-0.3, -0.25) is 0 Å². The van der Waals surface area contributed by atoms with E-state index < -0.39 is 11.6 Å². The van der Waals surface area contributed by atoms with E-state index in [2.05, 4.69) is 5.32 Å². The van der Waals surface area contributed by atoms with Gasteiger partial charge in [0.15, 0.2) is 17.4 Å². The summed E-state index contributed by atoms with van der Waals surface area (Å²) in [5.41, 5.74) is 0.400. The van der Waals surface area contributed by atoms with E-state index in [-0.39, 0.29) is 11.9 Å². The van der Waals surface area contributed by atoms with E-state index >= 15 is 0 Å². The molecule has 2 nitrogen and oxygen atoms in total. The molecule has 0 amide bonds. The van der Waals surface area contributed by atoms with E-state index in [0.29, 0.717) is 12.1 Å². The third kappa shape index (κ3) is 2.09. The number of aryl methyl sites for hydroxylation is 1. The van der Waals surface area contributed by atoms with Crippen molar-refractivity contribution in [3.63, 3.8) is 0 Å². The average Bonchev–Trinajstić information content (AvgIpc) is 2.71. The molecule has 1 aromatic carbocycles. The SMILES string of the molecule is Cc1ccc(F)c(OC2CCNC2)c1F. The van der Waals surface area contributed by atoms with E-state index in [9.17, 15) is 8.78 Å². The summed E-state index contributed by atoms with van der Waals surface area (Å²) in [4.78, 5) is 0. The van der Waals surface area contributed by atoms with Crippen LogP contribution < -0.4 is 10.1 Å². The zero-order chi connectivity index (χ0) is 10.8. The summed E-state index contributed by atoms with van der Waals surface area (Å²) in [7, 11) is 0. The summed E-state index contributed by atoms with van der Waals surface area (Å²) in [6.07, 6.45) is 0.656. The van der Waals surface area contributed by atoms with Crippen molar-refractivity contribution in [2.75, 3.05) is 13.1 Å². The lowest BCUT2D eigenvalue weighted by Gasteiger charge is -2.14. The number of nitrogens with one attached hydrogen (secondary N) is 1.